The molecule has 3 N–H and O–H groups in total. The molecular formula is C26H36N6O4S. The molecule has 1 aliphatic rings. The minimum atomic E-state index is -0.253. The van der Waals surface area contributed by atoms with Gasteiger partial charge in [-0.1, -0.05) is 25.4 Å². The van der Waals surface area contributed by atoms with Gasteiger partial charge in [-0.2, -0.15) is 0 Å². The number of nitrogens with zero attached hydrogens (tertiary/aromatic N) is 5. The van der Waals surface area contributed by atoms with Crippen molar-refractivity contribution in [3.8, 4) is 17.1 Å². The van der Waals surface area contributed by atoms with Crippen molar-refractivity contribution in [2.75, 3.05) is 45.9 Å². The van der Waals surface area contributed by atoms with E-state index >= 15 is 0 Å². The number of hydrogen-bond acceptors (Lipinski definition) is 9. The van der Waals surface area contributed by atoms with Gasteiger partial charge < -0.3 is 24.6 Å². The van der Waals surface area contributed by atoms with E-state index in [1.54, 1.807) is 23.6 Å². The monoisotopic (exact) mass is 528 g/mol. The van der Waals surface area contributed by atoms with Crippen LogP contribution in [-0.4, -0.2) is 86.2 Å². The number of β-amino-alcohol motifs (C(OH)–C–C–N with tert-alkyl or cyclic N) is 1. The topological polar surface area (TPSA) is 119 Å². The Kier molecular flexibility index (Phi) is 9.25. The molecule has 0 spiro atoms. The molecule has 0 aliphatic carbocycles. The fraction of sp³-hybridized carbons (Fsp3) is 0.500. The molecule has 1 aliphatic heterocycles. The summed E-state index contributed by atoms with van der Waals surface area (Å²) in [4.78, 5) is 24.5. The lowest BCUT2D eigenvalue weighted by atomic mass is 10.1. The van der Waals surface area contributed by atoms with E-state index in [1.807, 2.05) is 18.2 Å². The predicted octanol–water partition coefficient (Wildman–Crippen LogP) is 3.10. The van der Waals surface area contributed by atoms with Crippen molar-refractivity contribution in [3.63, 3.8) is 0 Å². The Bertz CT molecular complexity index is 1300. The van der Waals surface area contributed by atoms with E-state index in [-0.39, 0.29) is 12.2 Å². The molecule has 4 rings (SSSR count). The maximum atomic E-state index is 13.3. The summed E-state index contributed by atoms with van der Waals surface area (Å²) in [6.45, 7) is 9.19. The number of ether oxygens (including phenoxy) is 1. The SMILES string of the molecule is CCCOc1ccc(SN2CCN(CCO)CC2)cc1-c1nc2c(CCC)c(/C=N/O)n(C)c2c(=O)[nH]1. The largest absolute Gasteiger partial charge is 0.493 e. The van der Waals surface area contributed by atoms with Crippen LogP contribution in [0.25, 0.3) is 22.4 Å². The van der Waals surface area contributed by atoms with E-state index in [0.717, 1.165) is 55.0 Å². The van der Waals surface area contributed by atoms with E-state index in [9.17, 15) is 15.1 Å². The predicted molar refractivity (Wildman–Crippen MR) is 147 cm³/mol. The first-order valence-corrected chi connectivity index (χ1v) is 13.6. The van der Waals surface area contributed by atoms with Gasteiger partial charge in [0.25, 0.3) is 5.56 Å². The first kappa shape index (κ1) is 27.2. The Labute approximate surface area is 221 Å². The second-order valence-corrected chi connectivity index (χ2v) is 10.3. The lowest BCUT2D eigenvalue weighted by Gasteiger charge is -2.33. The quantitative estimate of drug-likeness (QED) is 0.150. The second kappa shape index (κ2) is 12.6. The Morgan fingerprint density at radius 3 is 2.68 bits per heavy atom. The molecule has 1 saturated heterocycles. The van der Waals surface area contributed by atoms with Crippen molar-refractivity contribution >= 4 is 29.2 Å². The third-order valence-corrected chi connectivity index (χ3v) is 7.60. The summed E-state index contributed by atoms with van der Waals surface area (Å²) in [5, 5.41) is 21.6. The summed E-state index contributed by atoms with van der Waals surface area (Å²) in [5.74, 6) is 1.13. The second-order valence-electron chi connectivity index (χ2n) is 9.12. The van der Waals surface area contributed by atoms with Gasteiger partial charge in [0.15, 0.2) is 0 Å². The molecule has 2 aromatic heterocycles. The molecule has 0 bridgehead atoms. The van der Waals surface area contributed by atoms with E-state index in [2.05, 4.69) is 33.2 Å². The van der Waals surface area contributed by atoms with Gasteiger partial charge in [0.2, 0.25) is 0 Å². The molecule has 200 valence electrons. The van der Waals surface area contributed by atoms with Gasteiger partial charge >= 0.3 is 0 Å². The number of aliphatic hydroxyl groups excluding tert-OH is 1. The minimum Gasteiger partial charge on any atom is -0.493 e. The van der Waals surface area contributed by atoms with Crippen molar-refractivity contribution in [2.45, 2.75) is 38.0 Å². The smallest absolute Gasteiger partial charge is 0.275 e. The van der Waals surface area contributed by atoms with Crippen LogP contribution in [0.2, 0.25) is 0 Å². The summed E-state index contributed by atoms with van der Waals surface area (Å²) >= 11 is 1.68. The Morgan fingerprint density at radius 2 is 2.00 bits per heavy atom. The molecule has 1 fully saturated rings. The molecule has 1 aromatic carbocycles. The molecular weight excluding hydrogens is 492 g/mol. The summed E-state index contributed by atoms with van der Waals surface area (Å²) in [5.41, 5.74) is 3.09. The number of aliphatic hydroxyl groups is 1. The zero-order valence-electron chi connectivity index (χ0n) is 21.7. The van der Waals surface area contributed by atoms with Crippen LogP contribution >= 0.6 is 11.9 Å². The minimum absolute atomic E-state index is 0.181. The maximum Gasteiger partial charge on any atom is 0.275 e. The molecule has 10 nitrogen and oxygen atoms in total. The van der Waals surface area contributed by atoms with Crippen molar-refractivity contribution in [1.82, 2.24) is 23.7 Å². The third-order valence-electron chi connectivity index (χ3n) is 6.52. The highest BCUT2D eigenvalue weighted by Crippen LogP contribution is 2.35. The van der Waals surface area contributed by atoms with E-state index in [4.69, 9.17) is 9.72 Å². The summed E-state index contributed by atoms with van der Waals surface area (Å²) < 4.78 is 10.1. The Hall–Kier alpha value is -2.86. The molecule has 3 aromatic rings. The molecule has 0 saturated carbocycles. The van der Waals surface area contributed by atoms with E-state index in [0.29, 0.717) is 47.9 Å². The first-order valence-electron chi connectivity index (χ1n) is 12.8. The van der Waals surface area contributed by atoms with Crippen LogP contribution in [0.4, 0.5) is 0 Å². The van der Waals surface area contributed by atoms with Crippen LogP contribution in [0.5, 0.6) is 5.75 Å². The maximum absolute atomic E-state index is 13.3. The van der Waals surface area contributed by atoms with Gasteiger partial charge in [0.1, 0.15) is 22.6 Å². The number of fused-ring (bicyclic) bond motifs is 1. The fourth-order valence-electron chi connectivity index (χ4n) is 4.70. The van der Waals surface area contributed by atoms with Gasteiger partial charge in [-0.25, -0.2) is 9.29 Å². The highest BCUT2D eigenvalue weighted by molar-refractivity contribution is 7.97. The first-order chi connectivity index (χ1) is 18.0. The average Bonchev–Trinajstić information content (AvgIpc) is 3.16. The normalized spacial score (nSPS) is 15.2. The van der Waals surface area contributed by atoms with Crippen LogP contribution < -0.4 is 10.3 Å². The number of aromatic amines is 1. The van der Waals surface area contributed by atoms with Gasteiger partial charge in [0.05, 0.1) is 30.7 Å². The molecule has 0 atom stereocenters. The third kappa shape index (κ3) is 6.01. The zero-order chi connectivity index (χ0) is 26.4. The standard InChI is InChI=1S/C26H36N6O4S/c1-4-6-19-21(17-27-35)30(3)24-23(19)28-25(29-26(24)34)20-16-18(7-8-22(20)36-15-5-2)37-32-11-9-31(10-12-32)13-14-33/h7-8,16-17,33,35H,4-6,9-15H2,1-3H3,(H,28,29,34)/b27-17+. The number of benzene rings is 1. The van der Waals surface area contributed by atoms with Crippen molar-refractivity contribution in [3.05, 3.63) is 39.8 Å². The summed E-state index contributed by atoms with van der Waals surface area (Å²) in [6.07, 6.45) is 3.78. The number of piperazine rings is 1. The molecule has 0 amide bonds. The number of aromatic nitrogens is 3. The van der Waals surface area contributed by atoms with E-state index in [1.165, 1.54) is 6.21 Å². The highest BCUT2D eigenvalue weighted by atomic mass is 32.2. The number of aryl methyl sites for hydroxylation is 2. The Balaban J connectivity index is 1.74. The average molecular weight is 529 g/mol. The highest BCUT2D eigenvalue weighted by Gasteiger charge is 2.22. The number of nitrogens with one attached hydrogen (secondary N) is 1. The van der Waals surface area contributed by atoms with Crippen molar-refractivity contribution < 1.29 is 15.1 Å². The van der Waals surface area contributed by atoms with Gasteiger partial charge in [-0.05, 0) is 43.0 Å². The lowest BCUT2D eigenvalue weighted by molar-refractivity contribution is 0.156. The molecule has 37 heavy (non-hydrogen) atoms. The van der Waals surface area contributed by atoms with Crippen LogP contribution in [0, 0.1) is 0 Å². The van der Waals surface area contributed by atoms with Crippen LogP contribution in [0.15, 0.2) is 33.0 Å². The fourth-order valence-corrected chi connectivity index (χ4v) is 5.64. The van der Waals surface area contributed by atoms with Gasteiger partial charge in [0, 0.05) is 50.2 Å². The molecule has 3 heterocycles. The Morgan fingerprint density at radius 1 is 1.22 bits per heavy atom. The molecule has 0 unspecified atom stereocenters. The number of hydrogen-bond donors (Lipinski definition) is 3. The molecule has 11 heteroatoms. The number of rotatable bonds is 11. The van der Waals surface area contributed by atoms with E-state index < -0.39 is 0 Å². The van der Waals surface area contributed by atoms with Gasteiger partial charge in [-0.15, -0.1) is 0 Å². The van der Waals surface area contributed by atoms with Crippen molar-refractivity contribution in [2.24, 2.45) is 12.2 Å². The van der Waals surface area contributed by atoms with Crippen molar-refractivity contribution in [1.29, 1.82) is 0 Å². The number of H-pyrrole nitrogens is 1. The zero-order valence-corrected chi connectivity index (χ0v) is 22.6. The lowest BCUT2D eigenvalue weighted by Crippen LogP contribution is -2.44. The van der Waals surface area contributed by atoms with Gasteiger partial charge in [-0.3, -0.25) is 9.69 Å². The van der Waals surface area contributed by atoms with Crippen LogP contribution in [-0.2, 0) is 13.5 Å². The molecule has 0 radical (unpaired) electrons. The van der Waals surface area contributed by atoms with Crippen LogP contribution in [0.3, 0.4) is 0 Å². The number of oxime groups is 1. The van der Waals surface area contributed by atoms with Crippen LogP contribution in [0.1, 0.15) is 37.9 Å². The summed E-state index contributed by atoms with van der Waals surface area (Å²) in [7, 11) is 1.78. The summed E-state index contributed by atoms with van der Waals surface area (Å²) in [6, 6.07) is 6.01.